The van der Waals surface area contributed by atoms with Gasteiger partial charge in [0.05, 0.1) is 26.0 Å². The van der Waals surface area contributed by atoms with E-state index in [1.807, 2.05) is 0 Å². The van der Waals surface area contributed by atoms with E-state index in [1.54, 1.807) is 42.5 Å². The van der Waals surface area contributed by atoms with Gasteiger partial charge in [0.1, 0.15) is 11.6 Å². The fourth-order valence-electron chi connectivity index (χ4n) is 2.69. The molecule has 0 atom stereocenters. The smallest absolute Gasteiger partial charge is 0.343 e. The van der Waals surface area contributed by atoms with E-state index in [0.29, 0.717) is 34.1 Å². The maximum absolute atomic E-state index is 13.0. The second kappa shape index (κ2) is 11.4. The molecule has 0 unspecified atom stereocenters. The molecule has 0 radical (unpaired) electrons. The molecule has 0 amide bonds. The number of nitrogens with zero attached hydrogens (tertiary/aromatic N) is 1. The van der Waals surface area contributed by atoms with Crippen LogP contribution in [0.15, 0.2) is 70.2 Å². The van der Waals surface area contributed by atoms with Gasteiger partial charge in [0, 0.05) is 15.7 Å². The normalized spacial score (nSPS) is 10.5. The zero-order chi connectivity index (χ0) is 23.8. The van der Waals surface area contributed by atoms with Crippen molar-refractivity contribution in [3.8, 4) is 17.2 Å². The predicted octanol–water partition coefficient (Wildman–Crippen LogP) is 5.15. The molecule has 3 rings (SSSR count). The number of benzene rings is 3. The number of hydrogen-bond acceptors (Lipinski definition) is 6. The lowest BCUT2D eigenvalue weighted by molar-refractivity contribution is 0.0734. The highest BCUT2D eigenvalue weighted by atomic mass is 79.9. The largest absolute Gasteiger partial charge is 0.493 e. The van der Waals surface area contributed by atoms with Gasteiger partial charge < -0.3 is 19.5 Å². The Kier molecular flexibility index (Phi) is 8.34. The SMILES string of the molecule is COc1ccc(C(=O)Oc2ccc(Br)cc2C=NNC(=S)Nc2ccc(F)cc2)cc1OC. The van der Waals surface area contributed by atoms with E-state index in [4.69, 9.17) is 26.4 Å². The Hall–Kier alpha value is -3.50. The molecule has 0 spiro atoms. The van der Waals surface area contributed by atoms with Gasteiger partial charge in [-0.1, -0.05) is 15.9 Å². The zero-order valence-electron chi connectivity index (χ0n) is 17.6. The summed E-state index contributed by atoms with van der Waals surface area (Å²) >= 11 is 8.57. The van der Waals surface area contributed by atoms with Crippen molar-refractivity contribution in [1.82, 2.24) is 5.43 Å². The molecule has 0 aliphatic heterocycles. The van der Waals surface area contributed by atoms with Gasteiger partial charge in [0.15, 0.2) is 16.6 Å². The maximum Gasteiger partial charge on any atom is 0.343 e. The van der Waals surface area contributed by atoms with Gasteiger partial charge in [-0.2, -0.15) is 5.10 Å². The second-order valence-corrected chi connectivity index (χ2v) is 7.80. The molecule has 0 fully saturated rings. The summed E-state index contributed by atoms with van der Waals surface area (Å²) in [6.45, 7) is 0. The number of hydrogen-bond donors (Lipinski definition) is 2. The molecule has 3 aromatic rings. The Morgan fingerprint density at radius 1 is 1.00 bits per heavy atom. The number of carbonyl (C=O) groups is 1. The fourth-order valence-corrected chi connectivity index (χ4v) is 3.24. The van der Waals surface area contributed by atoms with Crippen molar-refractivity contribution in [2.45, 2.75) is 0 Å². The molecule has 0 aliphatic rings. The summed E-state index contributed by atoms with van der Waals surface area (Å²) in [5.41, 5.74) is 4.09. The van der Waals surface area contributed by atoms with Gasteiger partial charge in [-0.3, -0.25) is 5.43 Å². The quantitative estimate of drug-likeness (QED) is 0.143. The van der Waals surface area contributed by atoms with Crippen molar-refractivity contribution in [3.63, 3.8) is 0 Å². The van der Waals surface area contributed by atoms with Gasteiger partial charge in [0.25, 0.3) is 0 Å². The van der Waals surface area contributed by atoms with Crippen LogP contribution in [0.1, 0.15) is 15.9 Å². The van der Waals surface area contributed by atoms with Crippen LogP contribution in [0, 0.1) is 5.82 Å². The zero-order valence-corrected chi connectivity index (χ0v) is 20.0. The van der Waals surface area contributed by atoms with Gasteiger partial charge in [-0.25, -0.2) is 9.18 Å². The van der Waals surface area contributed by atoms with Crippen molar-refractivity contribution >= 4 is 51.1 Å². The molecular formula is C23H19BrFN3O4S. The van der Waals surface area contributed by atoms with E-state index in [0.717, 1.165) is 4.47 Å². The monoisotopic (exact) mass is 531 g/mol. The first-order valence-corrected chi connectivity index (χ1v) is 10.7. The molecule has 33 heavy (non-hydrogen) atoms. The molecule has 3 aromatic carbocycles. The molecule has 0 aromatic heterocycles. The highest BCUT2D eigenvalue weighted by Crippen LogP contribution is 2.29. The average Bonchev–Trinajstić information content (AvgIpc) is 2.81. The first-order chi connectivity index (χ1) is 15.9. The number of nitrogens with one attached hydrogen (secondary N) is 2. The Morgan fingerprint density at radius 2 is 1.70 bits per heavy atom. The van der Waals surface area contributed by atoms with Crippen molar-refractivity contribution in [2.24, 2.45) is 5.10 Å². The lowest BCUT2D eigenvalue weighted by atomic mass is 10.2. The molecular weight excluding hydrogens is 513 g/mol. The molecule has 0 aliphatic carbocycles. The van der Waals surface area contributed by atoms with Crippen LogP contribution in [-0.4, -0.2) is 31.5 Å². The highest BCUT2D eigenvalue weighted by Gasteiger charge is 2.15. The lowest BCUT2D eigenvalue weighted by Crippen LogP contribution is -2.23. The number of halogens is 2. The molecule has 170 valence electrons. The van der Waals surface area contributed by atoms with E-state index in [9.17, 15) is 9.18 Å². The number of methoxy groups -OCH3 is 2. The second-order valence-electron chi connectivity index (χ2n) is 6.47. The Balaban J connectivity index is 1.70. The van der Waals surface area contributed by atoms with Crippen LogP contribution in [0.4, 0.5) is 10.1 Å². The topological polar surface area (TPSA) is 81.2 Å². The first-order valence-electron chi connectivity index (χ1n) is 9.49. The molecule has 0 saturated carbocycles. The fraction of sp³-hybridized carbons (Fsp3) is 0.0870. The molecule has 0 bridgehead atoms. The van der Waals surface area contributed by atoms with E-state index in [1.165, 1.54) is 38.6 Å². The average molecular weight is 532 g/mol. The Labute approximate surface area is 203 Å². The van der Waals surface area contributed by atoms with Crippen LogP contribution in [0.5, 0.6) is 17.2 Å². The number of carbonyl (C=O) groups excluding carboxylic acids is 1. The third kappa shape index (κ3) is 6.74. The molecule has 10 heteroatoms. The van der Waals surface area contributed by atoms with Crippen molar-refractivity contribution < 1.29 is 23.4 Å². The Bertz CT molecular complexity index is 1190. The Morgan fingerprint density at radius 3 is 2.39 bits per heavy atom. The predicted molar refractivity (Wildman–Crippen MR) is 132 cm³/mol. The van der Waals surface area contributed by atoms with E-state index in [2.05, 4.69) is 31.8 Å². The van der Waals surface area contributed by atoms with Crippen molar-refractivity contribution in [3.05, 3.63) is 82.1 Å². The minimum absolute atomic E-state index is 0.205. The van der Waals surface area contributed by atoms with Crippen LogP contribution in [0.25, 0.3) is 0 Å². The van der Waals surface area contributed by atoms with E-state index >= 15 is 0 Å². The van der Waals surface area contributed by atoms with Crippen LogP contribution < -0.4 is 25.0 Å². The van der Waals surface area contributed by atoms with Crippen molar-refractivity contribution in [2.75, 3.05) is 19.5 Å². The van der Waals surface area contributed by atoms with Crippen LogP contribution >= 0.6 is 28.1 Å². The molecule has 7 nitrogen and oxygen atoms in total. The number of hydrazone groups is 1. The molecule has 2 N–H and O–H groups in total. The number of esters is 1. The third-order valence-electron chi connectivity index (χ3n) is 4.27. The number of anilines is 1. The van der Waals surface area contributed by atoms with Crippen LogP contribution in [0.2, 0.25) is 0 Å². The first kappa shape index (κ1) is 24.1. The third-order valence-corrected chi connectivity index (χ3v) is 4.95. The van der Waals surface area contributed by atoms with E-state index in [-0.39, 0.29) is 10.9 Å². The standard InChI is InChI=1S/C23H19BrFN3O4S/c1-30-20-9-3-14(12-21(20)31-2)22(29)32-19-10-4-16(24)11-15(19)13-26-28-23(33)27-18-7-5-17(25)6-8-18/h3-13H,1-2H3,(H2,27,28,33). The highest BCUT2D eigenvalue weighted by molar-refractivity contribution is 9.10. The molecule has 0 saturated heterocycles. The number of rotatable bonds is 7. The van der Waals surface area contributed by atoms with Crippen LogP contribution in [0.3, 0.4) is 0 Å². The van der Waals surface area contributed by atoms with E-state index < -0.39 is 5.97 Å². The summed E-state index contributed by atoms with van der Waals surface area (Å²) in [4.78, 5) is 12.7. The summed E-state index contributed by atoms with van der Waals surface area (Å²) in [5.74, 6) is 0.287. The molecule has 0 heterocycles. The minimum Gasteiger partial charge on any atom is -0.493 e. The number of thiocarbonyl (C=S) groups is 1. The van der Waals surface area contributed by atoms with Gasteiger partial charge in [0.2, 0.25) is 0 Å². The summed E-state index contributed by atoms with van der Waals surface area (Å²) in [7, 11) is 3.00. The summed E-state index contributed by atoms with van der Waals surface area (Å²) in [6.07, 6.45) is 1.46. The lowest BCUT2D eigenvalue weighted by Gasteiger charge is -2.11. The van der Waals surface area contributed by atoms with Crippen LogP contribution in [-0.2, 0) is 0 Å². The minimum atomic E-state index is -0.575. The van der Waals surface area contributed by atoms with Gasteiger partial charge >= 0.3 is 5.97 Å². The number of ether oxygens (including phenoxy) is 3. The van der Waals surface area contributed by atoms with Gasteiger partial charge in [-0.05, 0) is 72.9 Å². The van der Waals surface area contributed by atoms with Crippen molar-refractivity contribution in [1.29, 1.82) is 0 Å². The summed E-state index contributed by atoms with van der Waals surface area (Å²) in [5, 5.41) is 7.17. The summed E-state index contributed by atoms with van der Waals surface area (Å²) < 4.78 is 29.8. The maximum atomic E-state index is 13.0. The summed E-state index contributed by atoms with van der Waals surface area (Å²) in [6, 6.07) is 15.6. The van der Waals surface area contributed by atoms with Gasteiger partial charge in [-0.15, -0.1) is 0 Å².